The lowest BCUT2D eigenvalue weighted by Crippen LogP contribution is -2.22. The van der Waals surface area contributed by atoms with Crippen molar-refractivity contribution in [1.29, 1.82) is 5.26 Å². The monoisotopic (exact) mass is 436 g/mol. The number of ether oxygens (including phenoxy) is 1. The van der Waals surface area contributed by atoms with Crippen molar-refractivity contribution in [2.75, 3.05) is 26.4 Å². The van der Waals surface area contributed by atoms with Crippen molar-refractivity contribution < 1.29 is 24.6 Å². The highest BCUT2D eigenvalue weighted by molar-refractivity contribution is 5.67. The number of rotatable bonds is 9. The zero-order chi connectivity index (χ0) is 22.5. The molecule has 0 saturated heterocycles. The maximum Gasteiger partial charge on any atom is 0.258 e. The highest BCUT2D eigenvalue weighted by Gasteiger charge is 2.26. The zero-order valence-electron chi connectivity index (χ0n) is 17.4. The minimum Gasteiger partial charge on any atom is -0.489 e. The van der Waals surface area contributed by atoms with Crippen molar-refractivity contribution >= 4 is 0 Å². The number of fused-ring (bicyclic) bond motifs is 1. The molecule has 0 spiro atoms. The maximum absolute atomic E-state index is 9.46. The van der Waals surface area contributed by atoms with Crippen LogP contribution in [0.2, 0.25) is 0 Å². The van der Waals surface area contributed by atoms with Gasteiger partial charge >= 0.3 is 0 Å². The molecular weight excluding hydrogens is 412 g/mol. The van der Waals surface area contributed by atoms with Crippen LogP contribution >= 0.6 is 0 Å². The van der Waals surface area contributed by atoms with Gasteiger partial charge in [-0.1, -0.05) is 23.4 Å². The lowest BCUT2D eigenvalue weighted by atomic mass is 10.0. The van der Waals surface area contributed by atoms with Crippen LogP contribution in [0.15, 0.2) is 40.9 Å². The molecule has 0 radical (unpaired) electrons. The Morgan fingerprint density at radius 1 is 1.28 bits per heavy atom. The van der Waals surface area contributed by atoms with Crippen LogP contribution in [0.4, 0.5) is 0 Å². The molecule has 0 fully saturated rings. The van der Waals surface area contributed by atoms with Gasteiger partial charge in [0, 0.05) is 23.7 Å². The fourth-order valence-electron chi connectivity index (χ4n) is 3.88. The summed E-state index contributed by atoms with van der Waals surface area (Å²) in [6, 6.07) is 13.1. The largest absolute Gasteiger partial charge is 0.489 e. The SMILES string of the molecule is N#Cc1cc(-c2nc(-c3cccc4c3CCC4NCCO)no2)ccc1OC[C@@H](O)CO. The second kappa shape index (κ2) is 9.89. The van der Waals surface area contributed by atoms with Gasteiger partial charge in [-0.25, -0.2) is 0 Å². The van der Waals surface area contributed by atoms with E-state index in [9.17, 15) is 10.4 Å². The van der Waals surface area contributed by atoms with Crippen molar-refractivity contribution in [3.63, 3.8) is 0 Å². The standard InChI is InChI=1S/C23H24N4O5/c24-11-15-10-14(4-7-21(15)31-13-16(30)12-29)23-26-22(27-32-23)19-3-1-2-18-17(19)5-6-20(18)25-8-9-28/h1-4,7,10,16,20,25,28-30H,5-6,8-9,12-13H2/t16-,20?/m0/s1. The van der Waals surface area contributed by atoms with Gasteiger partial charge in [-0.05, 0) is 42.2 Å². The number of aromatic nitrogens is 2. The van der Waals surface area contributed by atoms with E-state index >= 15 is 0 Å². The Balaban J connectivity index is 1.58. The minimum absolute atomic E-state index is 0.0935. The topological polar surface area (TPSA) is 145 Å². The fourth-order valence-corrected chi connectivity index (χ4v) is 3.88. The first-order valence-electron chi connectivity index (χ1n) is 10.4. The molecule has 2 atom stereocenters. The Kier molecular flexibility index (Phi) is 6.78. The Morgan fingerprint density at radius 3 is 2.94 bits per heavy atom. The van der Waals surface area contributed by atoms with Crippen LogP contribution in [0.1, 0.15) is 29.2 Å². The highest BCUT2D eigenvalue weighted by Crippen LogP contribution is 2.37. The van der Waals surface area contributed by atoms with Crippen molar-refractivity contribution in [2.45, 2.75) is 25.0 Å². The quantitative estimate of drug-likeness (QED) is 0.393. The zero-order valence-corrected chi connectivity index (χ0v) is 17.4. The molecule has 3 aromatic rings. The summed E-state index contributed by atoms with van der Waals surface area (Å²) in [7, 11) is 0. The van der Waals surface area contributed by atoms with E-state index < -0.39 is 12.7 Å². The molecule has 166 valence electrons. The average Bonchev–Trinajstić information content (AvgIpc) is 3.48. The van der Waals surface area contributed by atoms with Gasteiger partial charge in [0.1, 0.15) is 24.5 Å². The van der Waals surface area contributed by atoms with Gasteiger partial charge in [-0.3, -0.25) is 0 Å². The lowest BCUT2D eigenvalue weighted by molar-refractivity contribution is 0.0535. The molecule has 1 unspecified atom stereocenters. The van der Waals surface area contributed by atoms with Crippen LogP contribution in [0.5, 0.6) is 5.75 Å². The molecule has 9 heteroatoms. The van der Waals surface area contributed by atoms with Crippen LogP contribution in [0, 0.1) is 11.3 Å². The minimum atomic E-state index is -1.02. The maximum atomic E-state index is 9.46. The number of hydrogen-bond acceptors (Lipinski definition) is 9. The number of aliphatic hydroxyl groups excluding tert-OH is 3. The number of benzene rings is 2. The molecular formula is C23H24N4O5. The highest BCUT2D eigenvalue weighted by atomic mass is 16.5. The predicted molar refractivity (Wildman–Crippen MR) is 115 cm³/mol. The third-order valence-electron chi connectivity index (χ3n) is 5.43. The summed E-state index contributed by atoms with van der Waals surface area (Å²) < 4.78 is 10.9. The number of nitriles is 1. The third kappa shape index (κ3) is 4.49. The average molecular weight is 436 g/mol. The summed E-state index contributed by atoms with van der Waals surface area (Å²) >= 11 is 0. The molecule has 32 heavy (non-hydrogen) atoms. The van der Waals surface area contributed by atoms with Gasteiger partial charge in [-0.2, -0.15) is 10.2 Å². The van der Waals surface area contributed by atoms with Gasteiger partial charge in [-0.15, -0.1) is 0 Å². The molecule has 0 aliphatic heterocycles. The van der Waals surface area contributed by atoms with Gasteiger partial charge in [0.05, 0.1) is 18.8 Å². The Labute approximate surface area is 184 Å². The van der Waals surface area contributed by atoms with E-state index in [2.05, 4.69) is 27.6 Å². The summed E-state index contributed by atoms with van der Waals surface area (Å²) in [6.45, 7) is 0.0888. The summed E-state index contributed by atoms with van der Waals surface area (Å²) in [6.07, 6.45) is 0.795. The summed E-state index contributed by atoms with van der Waals surface area (Å²) in [5.41, 5.74) is 4.08. The molecule has 1 aliphatic rings. The third-order valence-corrected chi connectivity index (χ3v) is 5.43. The molecule has 1 heterocycles. The van der Waals surface area contributed by atoms with E-state index in [0.29, 0.717) is 23.7 Å². The number of nitrogens with zero attached hydrogens (tertiary/aromatic N) is 3. The normalized spacial score (nSPS) is 15.9. The summed E-state index contributed by atoms with van der Waals surface area (Å²) in [5, 5.41) is 44.4. The summed E-state index contributed by atoms with van der Waals surface area (Å²) in [5.74, 6) is 1.05. The molecule has 0 bridgehead atoms. The van der Waals surface area contributed by atoms with Crippen LogP contribution in [-0.2, 0) is 6.42 Å². The number of hydrogen-bond donors (Lipinski definition) is 4. The van der Waals surface area contributed by atoms with E-state index in [1.807, 2.05) is 12.1 Å². The smallest absolute Gasteiger partial charge is 0.258 e. The van der Waals surface area contributed by atoms with Crippen LogP contribution in [0.25, 0.3) is 22.8 Å². The van der Waals surface area contributed by atoms with Gasteiger partial charge < -0.3 is 29.9 Å². The van der Waals surface area contributed by atoms with Crippen molar-refractivity contribution in [3.8, 4) is 34.7 Å². The fraction of sp³-hybridized carbons (Fsp3) is 0.348. The Morgan fingerprint density at radius 2 is 2.16 bits per heavy atom. The van der Waals surface area contributed by atoms with E-state index in [4.69, 9.17) is 19.5 Å². The number of nitrogens with one attached hydrogen (secondary N) is 1. The van der Waals surface area contributed by atoms with Crippen LogP contribution < -0.4 is 10.1 Å². The molecule has 0 amide bonds. The first kappa shape index (κ1) is 21.9. The Bertz CT molecular complexity index is 1120. The van der Waals surface area contributed by atoms with Crippen LogP contribution in [-0.4, -0.2) is 57.9 Å². The second-order valence-corrected chi connectivity index (χ2v) is 7.54. The van der Waals surface area contributed by atoms with Gasteiger partial charge in [0.25, 0.3) is 5.89 Å². The van der Waals surface area contributed by atoms with E-state index in [0.717, 1.165) is 18.4 Å². The summed E-state index contributed by atoms with van der Waals surface area (Å²) in [4.78, 5) is 4.55. The molecule has 0 saturated carbocycles. The molecule has 1 aromatic heterocycles. The first-order chi connectivity index (χ1) is 15.6. The molecule has 4 rings (SSSR count). The van der Waals surface area contributed by atoms with Gasteiger partial charge in [0.15, 0.2) is 0 Å². The molecule has 4 N–H and O–H groups in total. The van der Waals surface area contributed by atoms with Crippen LogP contribution in [0.3, 0.4) is 0 Å². The number of aliphatic hydroxyl groups is 3. The van der Waals surface area contributed by atoms with Gasteiger partial charge in [0.2, 0.25) is 5.82 Å². The van der Waals surface area contributed by atoms with E-state index in [1.54, 1.807) is 18.2 Å². The molecule has 1 aliphatic carbocycles. The first-order valence-corrected chi connectivity index (χ1v) is 10.4. The van der Waals surface area contributed by atoms with Crippen molar-refractivity contribution in [3.05, 3.63) is 53.1 Å². The van der Waals surface area contributed by atoms with E-state index in [1.165, 1.54) is 11.1 Å². The predicted octanol–water partition coefficient (Wildman–Crippen LogP) is 1.58. The Hall–Kier alpha value is -3.29. The van der Waals surface area contributed by atoms with Crippen molar-refractivity contribution in [2.24, 2.45) is 0 Å². The van der Waals surface area contributed by atoms with Crippen molar-refractivity contribution in [1.82, 2.24) is 15.5 Å². The second-order valence-electron chi connectivity index (χ2n) is 7.54. The molecule has 2 aromatic carbocycles. The molecule has 9 nitrogen and oxygen atoms in total. The lowest BCUT2D eigenvalue weighted by Gasteiger charge is -2.13. The van der Waals surface area contributed by atoms with E-state index in [-0.39, 0.29) is 30.7 Å².